The fraction of sp³-hybridized carbons (Fsp3) is 0.333. The van der Waals surface area contributed by atoms with E-state index in [4.69, 9.17) is 11.6 Å². The van der Waals surface area contributed by atoms with E-state index in [1.807, 2.05) is 48.5 Å². The van der Waals surface area contributed by atoms with Crippen LogP contribution in [0.25, 0.3) is 0 Å². The molecular weight excluding hydrogens is 428 g/mol. The average molecular weight is 450 g/mol. The highest BCUT2D eigenvalue weighted by atomic mass is 79.9. The molecule has 0 atom stereocenters. The quantitative estimate of drug-likeness (QED) is 0.697. The highest BCUT2D eigenvalue weighted by Crippen LogP contribution is 2.42. The summed E-state index contributed by atoms with van der Waals surface area (Å²) in [4.78, 5) is 27.3. The molecular formula is C21H22BrClN2O2. The molecule has 27 heavy (non-hydrogen) atoms. The molecule has 2 aromatic carbocycles. The van der Waals surface area contributed by atoms with Crippen LogP contribution in [0.15, 0.2) is 53.0 Å². The first-order valence-corrected chi connectivity index (χ1v) is 10.2. The van der Waals surface area contributed by atoms with Gasteiger partial charge >= 0.3 is 0 Å². The Balaban J connectivity index is 1.73. The Hall–Kier alpha value is -1.85. The van der Waals surface area contributed by atoms with E-state index in [0.29, 0.717) is 10.7 Å². The Morgan fingerprint density at radius 2 is 1.74 bits per heavy atom. The van der Waals surface area contributed by atoms with Gasteiger partial charge in [0.05, 0.1) is 17.6 Å². The van der Waals surface area contributed by atoms with Crippen molar-refractivity contribution < 1.29 is 9.59 Å². The fourth-order valence-corrected chi connectivity index (χ4v) is 4.29. The van der Waals surface area contributed by atoms with Crippen molar-refractivity contribution in [2.24, 2.45) is 0 Å². The summed E-state index contributed by atoms with van der Waals surface area (Å²) in [6.07, 6.45) is 3.60. The second-order valence-corrected chi connectivity index (χ2v) is 8.28. The Kier molecular flexibility index (Phi) is 6.22. The van der Waals surface area contributed by atoms with Gasteiger partial charge in [-0.15, -0.1) is 0 Å². The van der Waals surface area contributed by atoms with Gasteiger partial charge in [-0.1, -0.05) is 48.7 Å². The third-order valence-corrected chi connectivity index (χ3v) is 6.08. The van der Waals surface area contributed by atoms with Crippen LogP contribution in [0.5, 0.6) is 0 Å². The number of amides is 2. The first-order valence-electron chi connectivity index (χ1n) is 8.98. The summed E-state index contributed by atoms with van der Waals surface area (Å²) in [5, 5.41) is 3.50. The number of para-hydroxylation sites is 1. The van der Waals surface area contributed by atoms with Gasteiger partial charge in [0.2, 0.25) is 11.8 Å². The van der Waals surface area contributed by atoms with Crippen LogP contribution in [0, 0.1) is 0 Å². The SMILES string of the molecule is CN(CC(=O)Nc1ccccc1Br)C(=O)C1(c2ccc(Cl)cc2)CCCC1. The topological polar surface area (TPSA) is 49.4 Å². The summed E-state index contributed by atoms with van der Waals surface area (Å²) < 4.78 is 0.806. The number of benzene rings is 2. The van der Waals surface area contributed by atoms with Crippen LogP contribution in [-0.2, 0) is 15.0 Å². The van der Waals surface area contributed by atoms with Gasteiger partial charge < -0.3 is 10.2 Å². The highest BCUT2D eigenvalue weighted by Gasteiger charge is 2.44. The molecule has 2 amide bonds. The fourth-order valence-electron chi connectivity index (χ4n) is 3.78. The summed E-state index contributed by atoms with van der Waals surface area (Å²) in [6, 6.07) is 14.9. The minimum absolute atomic E-state index is 0.00943. The van der Waals surface area contributed by atoms with Gasteiger partial charge in [0, 0.05) is 16.5 Å². The number of anilines is 1. The molecule has 1 aliphatic rings. The van der Waals surface area contributed by atoms with E-state index in [0.717, 1.165) is 35.7 Å². The van der Waals surface area contributed by atoms with Crippen LogP contribution >= 0.6 is 27.5 Å². The lowest BCUT2D eigenvalue weighted by molar-refractivity contribution is -0.138. The number of nitrogens with one attached hydrogen (secondary N) is 1. The maximum Gasteiger partial charge on any atom is 0.244 e. The van der Waals surface area contributed by atoms with Crippen molar-refractivity contribution in [1.29, 1.82) is 0 Å². The van der Waals surface area contributed by atoms with E-state index in [1.54, 1.807) is 7.05 Å². The van der Waals surface area contributed by atoms with Gasteiger partial charge in [0.15, 0.2) is 0 Å². The molecule has 1 aliphatic carbocycles. The lowest BCUT2D eigenvalue weighted by atomic mass is 9.77. The summed E-state index contributed by atoms with van der Waals surface area (Å²) in [5.74, 6) is -0.230. The number of hydrogen-bond donors (Lipinski definition) is 1. The second kappa shape index (κ2) is 8.44. The zero-order chi connectivity index (χ0) is 19.4. The molecule has 1 fully saturated rings. The minimum atomic E-state index is -0.563. The molecule has 0 radical (unpaired) electrons. The molecule has 4 nitrogen and oxygen atoms in total. The van der Waals surface area contributed by atoms with E-state index in [1.165, 1.54) is 4.90 Å². The molecule has 1 N–H and O–H groups in total. The molecule has 0 spiro atoms. The van der Waals surface area contributed by atoms with Crippen molar-refractivity contribution in [3.63, 3.8) is 0 Å². The van der Waals surface area contributed by atoms with Crippen LogP contribution in [0.3, 0.4) is 0 Å². The lowest BCUT2D eigenvalue weighted by Crippen LogP contribution is -2.46. The second-order valence-electron chi connectivity index (χ2n) is 6.99. The van der Waals surface area contributed by atoms with Crippen LogP contribution in [0.1, 0.15) is 31.2 Å². The van der Waals surface area contributed by atoms with Crippen molar-refractivity contribution in [2.75, 3.05) is 18.9 Å². The lowest BCUT2D eigenvalue weighted by Gasteiger charge is -2.32. The maximum absolute atomic E-state index is 13.3. The smallest absolute Gasteiger partial charge is 0.244 e. The Morgan fingerprint density at radius 1 is 1.11 bits per heavy atom. The first kappa shape index (κ1) is 19.9. The molecule has 142 valence electrons. The Labute approximate surface area is 173 Å². The molecule has 2 aromatic rings. The number of rotatable bonds is 5. The minimum Gasteiger partial charge on any atom is -0.336 e. The molecule has 1 saturated carbocycles. The van der Waals surface area contributed by atoms with Gasteiger partial charge in [-0.05, 0) is 58.6 Å². The van der Waals surface area contributed by atoms with Gasteiger partial charge in [0.25, 0.3) is 0 Å². The van der Waals surface area contributed by atoms with Crippen molar-refractivity contribution in [3.05, 3.63) is 63.6 Å². The van der Waals surface area contributed by atoms with Crippen LogP contribution in [0.4, 0.5) is 5.69 Å². The van der Waals surface area contributed by atoms with Crippen LogP contribution < -0.4 is 5.32 Å². The average Bonchev–Trinajstić information content (AvgIpc) is 3.14. The van der Waals surface area contributed by atoms with E-state index >= 15 is 0 Å². The Bertz CT molecular complexity index is 832. The largest absolute Gasteiger partial charge is 0.336 e. The molecule has 0 aliphatic heterocycles. The van der Waals surface area contributed by atoms with E-state index in [9.17, 15) is 9.59 Å². The van der Waals surface area contributed by atoms with Crippen molar-refractivity contribution >= 4 is 45.0 Å². The third kappa shape index (κ3) is 4.36. The number of hydrogen-bond acceptors (Lipinski definition) is 2. The molecule has 0 saturated heterocycles. The van der Waals surface area contributed by atoms with Gasteiger partial charge in [0.1, 0.15) is 0 Å². The van der Waals surface area contributed by atoms with Gasteiger partial charge in [-0.3, -0.25) is 9.59 Å². The summed E-state index contributed by atoms with van der Waals surface area (Å²) in [5.41, 5.74) is 1.11. The summed E-state index contributed by atoms with van der Waals surface area (Å²) in [7, 11) is 1.69. The Morgan fingerprint density at radius 3 is 2.37 bits per heavy atom. The predicted octanol–water partition coefficient (Wildman–Crippen LogP) is 5.01. The highest BCUT2D eigenvalue weighted by molar-refractivity contribution is 9.10. The van der Waals surface area contributed by atoms with Gasteiger partial charge in [-0.2, -0.15) is 0 Å². The number of carbonyl (C=O) groups excluding carboxylic acids is 2. The zero-order valence-electron chi connectivity index (χ0n) is 15.2. The normalized spacial score (nSPS) is 15.4. The summed E-state index contributed by atoms with van der Waals surface area (Å²) in [6.45, 7) is 0.00943. The molecule has 3 rings (SSSR count). The maximum atomic E-state index is 13.3. The van der Waals surface area contributed by atoms with Gasteiger partial charge in [-0.25, -0.2) is 0 Å². The number of likely N-dealkylation sites (N-methyl/N-ethyl adjacent to an activating group) is 1. The molecule has 0 heterocycles. The van der Waals surface area contributed by atoms with E-state index in [2.05, 4.69) is 21.2 Å². The van der Waals surface area contributed by atoms with Crippen molar-refractivity contribution in [2.45, 2.75) is 31.1 Å². The van der Waals surface area contributed by atoms with Crippen molar-refractivity contribution in [1.82, 2.24) is 4.90 Å². The van der Waals surface area contributed by atoms with Crippen molar-refractivity contribution in [3.8, 4) is 0 Å². The van der Waals surface area contributed by atoms with Crippen LogP contribution in [-0.4, -0.2) is 30.3 Å². The molecule has 0 bridgehead atoms. The number of halogens is 2. The first-order chi connectivity index (χ1) is 12.9. The molecule has 6 heteroatoms. The zero-order valence-corrected chi connectivity index (χ0v) is 17.5. The van der Waals surface area contributed by atoms with E-state index < -0.39 is 5.41 Å². The van der Waals surface area contributed by atoms with Crippen LogP contribution in [0.2, 0.25) is 5.02 Å². The third-order valence-electron chi connectivity index (χ3n) is 5.14. The standard InChI is InChI=1S/C21H22BrClN2O2/c1-25(14-19(26)24-18-7-3-2-6-17(18)22)20(27)21(12-4-5-13-21)15-8-10-16(23)11-9-15/h2-3,6-11H,4-5,12-14H2,1H3,(H,24,26). The number of carbonyl (C=O) groups is 2. The number of nitrogens with zero attached hydrogens (tertiary/aromatic N) is 1. The molecule has 0 unspecified atom stereocenters. The monoisotopic (exact) mass is 448 g/mol. The predicted molar refractivity (Wildman–Crippen MR) is 112 cm³/mol. The van der Waals surface area contributed by atoms with E-state index in [-0.39, 0.29) is 18.4 Å². The summed E-state index contributed by atoms with van der Waals surface area (Å²) >= 11 is 9.43. The molecule has 0 aromatic heterocycles.